The molecule has 94 valence electrons. The van der Waals surface area contributed by atoms with Gasteiger partial charge in [-0.2, -0.15) is 0 Å². The third-order valence-electron chi connectivity index (χ3n) is 2.69. The highest BCUT2D eigenvalue weighted by atomic mass is 28.3. The van der Waals surface area contributed by atoms with Crippen LogP contribution < -0.4 is 0 Å². The molecule has 0 aromatic heterocycles. The summed E-state index contributed by atoms with van der Waals surface area (Å²) in [6, 6.07) is 2.10. The van der Waals surface area contributed by atoms with Gasteiger partial charge >= 0.3 is 6.09 Å². The lowest BCUT2D eigenvalue weighted by Crippen LogP contribution is -2.55. The minimum Gasteiger partial charge on any atom is -0.465 e. The fourth-order valence-electron chi connectivity index (χ4n) is 1.99. The van der Waals surface area contributed by atoms with Crippen LogP contribution in [0, 0.1) is 0 Å². The summed E-state index contributed by atoms with van der Waals surface area (Å²) in [5.74, 6) is 0. The third kappa shape index (κ3) is 4.07. The van der Waals surface area contributed by atoms with Gasteiger partial charge in [-0.15, -0.1) is 26.3 Å². The molecule has 1 N–H and O–H groups in total. The van der Waals surface area contributed by atoms with E-state index in [9.17, 15) is 9.90 Å². The van der Waals surface area contributed by atoms with E-state index in [4.69, 9.17) is 0 Å². The van der Waals surface area contributed by atoms with Gasteiger partial charge in [-0.05, 0) is 18.1 Å². The van der Waals surface area contributed by atoms with Crippen LogP contribution >= 0.6 is 0 Å². The van der Waals surface area contributed by atoms with Crippen molar-refractivity contribution in [1.82, 2.24) is 4.57 Å². The molecular weight excluding hydrogens is 230 g/mol. The molecule has 1 amide bonds. The van der Waals surface area contributed by atoms with E-state index in [0.717, 1.165) is 0 Å². The maximum atomic E-state index is 11.4. The van der Waals surface area contributed by atoms with Gasteiger partial charge in [0.05, 0.1) is 0 Å². The Labute approximate surface area is 105 Å². The topological polar surface area (TPSA) is 40.5 Å². The maximum Gasteiger partial charge on any atom is 0.399 e. The summed E-state index contributed by atoms with van der Waals surface area (Å²) >= 11 is 0. The van der Waals surface area contributed by atoms with Crippen molar-refractivity contribution in [2.24, 2.45) is 0 Å². The Morgan fingerprint density at radius 2 is 1.41 bits per heavy atom. The summed E-state index contributed by atoms with van der Waals surface area (Å²) < 4.78 is 1.52. The molecule has 0 radical (unpaired) electrons. The van der Waals surface area contributed by atoms with Gasteiger partial charge in [-0.25, -0.2) is 4.79 Å². The van der Waals surface area contributed by atoms with E-state index >= 15 is 0 Å². The SMILES string of the molecule is C=CCN(C(=O)O)[Si](CC=C)(CC=C)CC=C. The molecule has 4 heteroatoms. The second kappa shape index (κ2) is 7.68. The van der Waals surface area contributed by atoms with Gasteiger partial charge in [-0.3, -0.25) is 0 Å². The molecule has 0 aliphatic rings. The minimum atomic E-state index is -2.20. The normalized spacial score (nSPS) is 10.4. The lowest BCUT2D eigenvalue weighted by molar-refractivity contribution is 0.172. The second-order valence-electron chi connectivity index (χ2n) is 3.88. The van der Waals surface area contributed by atoms with Gasteiger partial charge in [0, 0.05) is 6.54 Å². The highest BCUT2D eigenvalue weighted by Gasteiger charge is 2.39. The van der Waals surface area contributed by atoms with Crippen molar-refractivity contribution >= 4 is 14.3 Å². The lowest BCUT2D eigenvalue weighted by atomic mass is 10.6. The van der Waals surface area contributed by atoms with Crippen molar-refractivity contribution in [2.75, 3.05) is 6.54 Å². The molecule has 0 unspecified atom stereocenters. The summed E-state index contributed by atoms with van der Waals surface area (Å²) in [6.45, 7) is 15.2. The first-order valence-corrected chi connectivity index (χ1v) is 8.09. The summed E-state index contributed by atoms with van der Waals surface area (Å²) in [7, 11) is -2.20. The van der Waals surface area contributed by atoms with Crippen LogP contribution in [0.5, 0.6) is 0 Å². The first kappa shape index (κ1) is 15.4. The van der Waals surface area contributed by atoms with Crippen LogP contribution in [0.4, 0.5) is 4.79 Å². The molecule has 0 fully saturated rings. The van der Waals surface area contributed by atoms with E-state index < -0.39 is 14.3 Å². The molecule has 0 bridgehead atoms. The summed E-state index contributed by atoms with van der Waals surface area (Å²) in [6.07, 6.45) is 6.09. The molecule has 0 saturated carbocycles. The molecule has 0 aliphatic heterocycles. The molecule has 17 heavy (non-hydrogen) atoms. The molecule has 0 aliphatic carbocycles. The van der Waals surface area contributed by atoms with E-state index in [1.54, 1.807) is 24.3 Å². The number of hydrogen-bond donors (Lipinski definition) is 1. The zero-order chi connectivity index (χ0) is 13.3. The van der Waals surface area contributed by atoms with Gasteiger partial charge in [0.2, 0.25) is 0 Å². The fourth-order valence-corrected chi connectivity index (χ4v) is 5.69. The van der Waals surface area contributed by atoms with E-state index in [0.29, 0.717) is 24.7 Å². The second-order valence-corrected chi connectivity index (χ2v) is 8.10. The fraction of sp³-hybridized carbons (Fsp3) is 0.308. The van der Waals surface area contributed by atoms with Crippen LogP contribution in [0.2, 0.25) is 18.1 Å². The van der Waals surface area contributed by atoms with Crippen LogP contribution in [0.15, 0.2) is 50.6 Å². The molecule has 0 spiro atoms. The number of hydrogen-bond acceptors (Lipinski definition) is 1. The quantitative estimate of drug-likeness (QED) is 0.502. The zero-order valence-corrected chi connectivity index (χ0v) is 11.3. The van der Waals surface area contributed by atoms with Crippen molar-refractivity contribution in [3.8, 4) is 0 Å². The average molecular weight is 251 g/mol. The van der Waals surface area contributed by atoms with Crippen LogP contribution in [-0.2, 0) is 0 Å². The molecule has 0 atom stereocenters. The van der Waals surface area contributed by atoms with Crippen molar-refractivity contribution in [2.45, 2.75) is 18.1 Å². The van der Waals surface area contributed by atoms with Gasteiger partial charge < -0.3 is 9.67 Å². The van der Waals surface area contributed by atoms with Crippen molar-refractivity contribution in [1.29, 1.82) is 0 Å². The van der Waals surface area contributed by atoms with E-state index in [-0.39, 0.29) is 0 Å². The van der Waals surface area contributed by atoms with Crippen molar-refractivity contribution in [3.63, 3.8) is 0 Å². The van der Waals surface area contributed by atoms with Crippen molar-refractivity contribution < 1.29 is 9.90 Å². The number of amides is 1. The monoisotopic (exact) mass is 251 g/mol. The number of rotatable bonds is 9. The Bertz CT molecular complexity index is 286. The molecule has 0 aromatic carbocycles. The Kier molecular flexibility index (Phi) is 6.98. The zero-order valence-electron chi connectivity index (χ0n) is 10.3. The first-order valence-electron chi connectivity index (χ1n) is 5.52. The number of carbonyl (C=O) groups is 1. The summed E-state index contributed by atoms with van der Waals surface area (Å²) in [5, 5.41) is 9.33. The predicted octanol–water partition coefficient (Wildman–Crippen LogP) is 3.66. The summed E-state index contributed by atoms with van der Waals surface area (Å²) in [5.41, 5.74) is 0. The predicted molar refractivity (Wildman–Crippen MR) is 75.7 cm³/mol. The average Bonchev–Trinajstić information content (AvgIpc) is 2.26. The molecule has 0 heterocycles. The Morgan fingerprint density at radius 1 is 1.00 bits per heavy atom. The van der Waals surface area contributed by atoms with Crippen LogP contribution in [0.3, 0.4) is 0 Å². The molecular formula is C13H21NO2Si. The Hall–Kier alpha value is -1.55. The molecule has 0 aromatic rings. The van der Waals surface area contributed by atoms with Gasteiger partial charge in [0.1, 0.15) is 0 Å². The maximum absolute atomic E-state index is 11.4. The van der Waals surface area contributed by atoms with Crippen molar-refractivity contribution in [3.05, 3.63) is 50.6 Å². The Morgan fingerprint density at radius 3 is 1.65 bits per heavy atom. The highest BCUT2D eigenvalue weighted by Crippen LogP contribution is 2.27. The number of allylic oxidation sites excluding steroid dienone is 3. The largest absolute Gasteiger partial charge is 0.465 e. The van der Waals surface area contributed by atoms with Gasteiger partial charge in [0.25, 0.3) is 0 Å². The minimum absolute atomic E-state index is 0.344. The summed E-state index contributed by atoms with van der Waals surface area (Å²) in [4.78, 5) is 11.4. The smallest absolute Gasteiger partial charge is 0.399 e. The number of nitrogens with zero attached hydrogens (tertiary/aromatic N) is 1. The van der Waals surface area contributed by atoms with Gasteiger partial charge in [-0.1, -0.05) is 24.3 Å². The third-order valence-corrected chi connectivity index (χ3v) is 7.35. The first-order chi connectivity index (χ1) is 8.07. The van der Waals surface area contributed by atoms with Crippen LogP contribution in [0.1, 0.15) is 0 Å². The number of carboxylic acid groups (broad SMARTS) is 1. The molecule has 3 nitrogen and oxygen atoms in total. The molecule has 0 rings (SSSR count). The van der Waals surface area contributed by atoms with Crippen LogP contribution in [0.25, 0.3) is 0 Å². The Balaban J connectivity index is 5.36. The standard InChI is InChI=1S/C13H21NO2Si/c1-5-9-14(13(15)16)17(10-6-2,11-7-3)12-8-4/h5-8H,1-4,9-12H2,(H,15,16). The van der Waals surface area contributed by atoms with Gasteiger partial charge in [0.15, 0.2) is 8.24 Å². The molecule has 0 saturated heterocycles. The van der Waals surface area contributed by atoms with E-state index in [1.165, 1.54) is 4.57 Å². The van der Waals surface area contributed by atoms with Crippen LogP contribution in [-0.4, -0.2) is 30.5 Å². The highest BCUT2D eigenvalue weighted by molar-refractivity contribution is 6.80. The lowest BCUT2D eigenvalue weighted by Gasteiger charge is -2.38. The van der Waals surface area contributed by atoms with E-state index in [2.05, 4.69) is 26.3 Å². The van der Waals surface area contributed by atoms with E-state index in [1.807, 2.05) is 0 Å².